The summed E-state index contributed by atoms with van der Waals surface area (Å²) in [5, 5.41) is 0.176. The summed E-state index contributed by atoms with van der Waals surface area (Å²) in [5.74, 6) is -1.96. The van der Waals surface area contributed by atoms with E-state index in [1.54, 1.807) is 10.8 Å². The van der Waals surface area contributed by atoms with Crippen molar-refractivity contribution in [3.63, 3.8) is 0 Å². The van der Waals surface area contributed by atoms with Crippen molar-refractivity contribution < 1.29 is 8.78 Å². The highest BCUT2D eigenvalue weighted by atomic mass is 79.9. The quantitative estimate of drug-likeness (QED) is 0.790. The van der Waals surface area contributed by atoms with Gasteiger partial charge < -0.3 is 4.57 Å². The fourth-order valence-corrected chi connectivity index (χ4v) is 2.07. The van der Waals surface area contributed by atoms with E-state index in [0.717, 1.165) is 12.1 Å². The molecule has 2 nitrogen and oxygen atoms in total. The van der Waals surface area contributed by atoms with Crippen molar-refractivity contribution in [2.24, 2.45) is 0 Å². The molecule has 2 rings (SSSR count). The highest BCUT2D eigenvalue weighted by molar-refractivity contribution is 9.10. The number of hydrogen-bond acceptors (Lipinski definition) is 1. The Balaban J connectivity index is 2.99. The SMILES string of the molecule is CCn1cc(Br)c(=O)c2cc(F)c(F)cc21. The molecule has 0 saturated carbocycles. The molecule has 84 valence electrons. The van der Waals surface area contributed by atoms with E-state index in [2.05, 4.69) is 15.9 Å². The lowest BCUT2D eigenvalue weighted by Crippen LogP contribution is -2.10. The number of hydrogen-bond donors (Lipinski definition) is 0. The Hall–Kier alpha value is -1.23. The molecule has 2 aromatic rings. The Morgan fingerprint density at radius 3 is 2.56 bits per heavy atom. The van der Waals surface area contributed by atoms with Crippen molar-refractivity contribution >= 4 is 26.8 Å². The van der Waals surface area contributed by atoms with E-state index in [1.807, 2.05) is 6.92 Å². The van der Waals surface area contributed by atoms with E-state index in [1.165, 1.54) is 0 Å². The first-order chi connectivity index (χ1) is 7.54. The molecular formula is C11H8BrF2NO. The van der Waals surface area contributed by atoms with Crippen LogP contribution in [0.4, 0.5) is 8.78 Å². The third kappa shape index (κ3) is 1.65. The minimum atomic E-state index is -1.01. The van der Waals surface area contributed by atoms with Crippen molar-refractivity contribution in [1.82, 2.24) is 4.57 Å². The predicted molar refractivity (Wildman–Crippen MR) is 61.5 cm³/mol. The van der Waals surface area contributed by atoms with E-state index in [0.29, 0.717) is 16.5 Å². The molecule has 0 aliphatic carbocycles. The molecule has 0 aliphatic rings. The molecule has 1 aromatic carbocycles. The standard InChI is InChI=1S/C11H8BrF2NO/c1-2-15-5-7(12)11(16)6-3-8(13)9(14)4-10(6)15/h3-5H,2H2,1H3. The molecule has 0 atom stereocenters. The fraction of sp³-hybridized carbons (Fsp3) is 0.182. The maximum absolute atomic E-state index is 13.1. The maximum Gasteiger partial charge on any atom is 0.203 e. The van der Waals surface area contributed by atoms with Gasteiger partial charge in [0.1, 0.15) is 0 Å². The Kier molecular flexibility index (Phi) is 2.80. The van der Waals surface area contributed by atoms with Crippen LogP contribution in [0.5, 0.6) is 0 Å². The number of benzene rings is 1. The highest BCUT2D eigenvalue weighted by Gasteiger charge is 2.11. The molecule has 0 aliphatic heterocycles. The van der Waals surface area contributed by atoms with Crippen LogP contribution in [0.2, 0.25) is 0 Å². The zero-order valence-corrected chi connectivity index (χ0v) is 10.0. The lowest BCUT2D eigenvalue weighted by molar-refractivity contribution is 0.510. The van der Waals surface area contributed by atoms with Gasteiger partial charge in [0.15, 0.2) is 11.6 Å². The normalized spacial score (nSPS) is 11.0. The van der Waals surface area contributed by atoms with Crippen LogP contribution < -0.4 is 5.43 Å². The molecule has 0 unspecified atom stereocenters. The highest BCUT2D eigenvalue weighted by Crippen LogP contribution is 2.18. The molecule has 0 spiro atoms. The lowest BCUT2D eigenvalue weighted by Gasteiger charge is -2.09. The largest absolute Gasteiger partial charge is 0.346 e. The van der Waals surface area contributed by atoms with Gasteiger partial charge in [-0.25, -0.2) is 8.78 Å². The number of pyridine rings is 1. The molecule has 0 saturated heterocycles. The molecular weight excluding hydrogens is 280 g/mol. The Morgan fingerprint density at radius 1 is 1.31 bits per heavy atom. The first-order valence-electron chi connectivity index (χ1n) is 4.72. The summed E-state index contributed by atoms with van der Waals surface area (Å²) in [7, 11) is 0. The van der Waals surface area contributed by atoms with Crippen LogP contribution in [0.1, 0.15) is 6.92 Å². The molecule has 16 heavy (non-hydrogen) atoms. The van der Waals surface area contributed by atoms with Gasteiger partial charge in [-0.2, -0.15) is 0 Å². The van der Waals surface area contributed by atoms with Crippen molar-refractivity contribution in [2.75, 3.05) is 0 Å². The number of aryl methyl sites for hydroxylation is 1. The van der Waals surface area contributed by atoms with E-state index in [9.17, 15) is 13.6 Å². The van der Waals surface area contributed by atoms with Crippen molar-refractivity contribution in [3.8, 4) is 0 Å². The molecule has 0 bridgehead atoms. The van der Waals surface area contributed by atoms with Crippen molar-refractivity contribution in [2.45, 2.75) is 13.5 Å². The van der Waals surface area contributed by atoms with Crippen molar-refractivity contribution in [1.29, 1.82) is 0 Å². The van der Waals surface area contributed by atoms with Gasteiger partial charge in [-0.3, -0.25) is 4.79 Å². The van der Waals surface area contributed by atoms with E-state index < -0.39 is 11.6 Å². The smallest absolute Gasteiger partial charge is 0.203 e. The van der Waals surface area contributed by atoms with Crippen molar-refractivity contribution in [3.05, 3.63) is 44.7 Å². The van der Waals surface area contributed by atoms with Gasteiger partial charge in [-0.1, -0.05) is 0 Å². The number of halogens is 3. The monoisotopic (exact) mass is 287 g/mol. The third-order valence-corrected chi connectivity index (χ3v) is 2.98. The van der Waals surface area contributed by atoms with Crippen LogP contribution in [0.15, 0.2) is 27.6 Å². The second-order valence-electron chi connectivity index (χ2n) is 3.38. The number of nitrogens with zero attached hydrogens (tertiary/aromatic N) is 1. The Bertz CT molecular complexity index is 621. The molecule has 0 fully saturated rings. The van der Waals surface area contributed by atoms with Crippen LogP contribution >= 0.6 is 15.9 Å². The Labute approximate surface area is 98.6 Å². The maximum atomic E-state index is 13.1. The van der Waals surface area contributed by atoms with Crippen LogP contribution in [-0.2, 0) is 6.54 Å². The summed E-state index contributed by atoms with van der Waals surface area (Å²) < 4.78 is 28.2. The van der Waals surface area contributed by atoms with Gasteiger partial charge >= 0.3 is 0 Å². The summed E-state index contributed by atoms with van der Waals surface area (Å²) in [5.41, 5.74) is 0.0631. The van der Waals surface area contributed by atoms with Crippen LogP contribution in [0.25, 0.3) is 10.9 Å². The summed E-state index contributed by atoms with van der Waals surface area (Å²) in [6.45, 7) is 2.43. The predicted octanol–water partition coefficient (Wildman–Crippen LogP) is 3.06. The van der Waals surface area contributed by atoms with Gasteiger partial charge in [-0.15, -0.1) is 0 Å². The average Bonchev–Trinajstić information content (AvgIpc) is 2.26. The minimum Gasteiger partial charge on any atom is -0.346 e. The average molecular weight is 288 g/mol. The number of fused-ring (bicyclic) bond motifs is 1. The summed E-state index contributed by atoms with van der Waals surface area (Å²) in [6.07, 6.45) is 1.57. The molecule has 0 N–H and O–H groups in total. The van der Waals surface area contributed by atoms with Gasteiger partial charge in [0.2, 0.25) is 5.43 Å². The fourth-order valence-electron chi connectivity index (χ4n) is 1.61. The van der Waals surface area contributed by atoms with Gasteiger partial charge in [-0.05, 0) is 28.9 Å². The summed E-state index contributed by atoms with van der Waals surface area (Å²) >= 11 is 3.10. The van der Waals surface area contributed by atoms with Crippen LogP contribution in [0, 0.1) is 11.6 Å². The van der Waals surface area contributed by atoms with Crippen LogP contribution in [0.3, 0.4) is 0 Å². The Morgan fingerprint density at radius 2 is 1.94 bits per heavy atom. The third-order valence-electron chi connectivity index (χ3n) is 2.42. The van der Waals surface area contributed by atoms with Gasteiger partial charge in [0, 0.05) is 24.2 Å². The van der Waals surface area contributed by atoms with Gasteiger partial charge in [0.25, 0.3) is 0 Å². The zero-order valence-electron chi connectivity index (χ0n) is 8.43. The molecule has 0 radical (unpaired) electrons. The molecule has 1 heterocycles. The number of rotatable bonds is 1. The molecule has 1 aromatic heterocycles. The first kappa shape index (κ1) is 11.3. The van der Waals surface area contributed by atoms with E-state index in [-0.39, 0.29) is 10.8 Å². The summed E-state index contributed by atoms with van der Waals surface area (Å²) in [4.78, 5) is 11.7. The molecule has 0 amide bonds. The topological polar surface area (TPSA) is 22.0 Å². The summed E-state index contributed by atoms with van der Waals surface area (Å²) in [6, 6.07) is 1.98. The molecule has 5 heteroatoms. The minimum absolute atomic E-state index is 0.176. The van der Waals surface area contributed by atoms with Gasteiger partial charge in [0.05, 0.1) is 9.99 Å². The second-order valence-corrected chi connectivity index (χ2v) is 4.23. The lowest BCUT2D eigenvalue weighted by atomic mass is 10.2. The zero-order chi connectivity index (χ0) is 11.9. The second kappa shape index (κ2) is 3.97. The number of aromatic nitrogens is 1. The van der Waals surface area contributed by atoms with E-state index >= 15 is 0 Å². The van der Waals surface area contributed by atoms with Crippen LogP contribution in [-0.4, -0.2) is 4.57 Å². The van der Waals surface area contributed by atoms with E-state index in [4.69, 9.17) is 0 Å². The first-order valence-corrected chi connectivity index (χ1v) is 5.51.